The van der Waals surface area contributed by atoms with Crippen LogP contribution in [-0.4, -0.2) is 11.9 Å². The van der Waals surface area contributed by atoms with Gasteiger partial charge in [-0.2, -0.15) is 0 Å². The van der Waals surface area contributed by atoms with Gasteiger partial charge in [-0.1, -0.05) is 23.8 Å². The maximum absolute atomic E-state index is 11.5. The average molecular weight is 234 g/mol. The molecule has 0 saturated carbocycles. The minimum absolute atomic E-state index is 0.0716. The third-order valence-electron chi connectivity index (χ3n) is 2.80. The molecule has 94 valence electrons. The van der Waals surface area contributed by atoms with Gasteiger partial charge in [-0.25, -0.2) is 0 Å². The molecule has 0 aromatic heterocycles. The molecule has 3 nitrogen and oxygen atoms in total. The minimum Gasteiger partial charge on any atom is -0.352 e. The Bertz CT molecular complexity index is 386. The molecule has 0 heterocycles. The lowest BCUT2D eigenvalue weighted by Gasteiger charge is -2.09. The van der Waals surface area contributed by atoms with E-state index in [9.17, 15) is 4.79 Å². The van der Waals surface area contributed by atoms with E-state index < -0.39 is 0 Å². The normalized spacial score (nSPS) is 12.2. The zero-order chi connectivity index (χ0) is 12.8. The molecule has 0 saturated heterocycles. The van der Waals surface area contributed by atoms with Crippen LogP contribution in [-0.2, 0) is 11.3 Å². The fourth-order valence-corrected chi connectivity index (χ4v) is 1.69. The molecule has 1 unspecified atom stereocenters. The number of hydrogen-bond acceptors (Lipinski definition) is 2. The summed E-state index contributed by atoms with van der Waals surface area (Å²) >= 11 is 0. The smallest absolute Gasteiger partial charge is 0.220 e. The van der Waals surface area contributed by atoms with Crippen LogP contribution in [0, 0.1) is 13.8 Å². The van der Waals surface area contributed by atoms with Crippen molar-refractivity contribution in [3.63, 3.8) is 0 Å². The van der Waals surface area contributed by atoms with Crippen molar-refractivity contribution in [2.45, 2.75) is 46.2 Å². The molecule has 1 amide bonds. The molecule has 3 heteroatoms. The Kier molecular flexibility index (Phi) is 5.16. The van der Waals surface area contributed by atoms with E-state index in [1.165, 1.54) is 16.7 Å². The summed E-state index contributed by atoms with van der Waals surface area (Å²) in [6, 6.07) is 6.35. The summed E-state index contributed by atoms with van der Waals surface area (Å²) in [6.07, 6.45) is 1.24. The molecule has 0 spiro atoms. The van der Waals surface area contributed by atoms with Crippen LogP contribution in [0.2, 0.25) is 0 Å². The molecular formula is C14H22N2O. The number of aryl methyl sites for hydroxylation is 2. The first-order chi connectivity index (χ1) is 7.99. The Morgan fingerprint density at radius 1 is 1.41 bits per heavy atom. The summed E-state index contributed by atoms with van der Waals surface area (Å²) in [7, 11) is 0. The van der Waals surface area contributed by atoms with Crippen molar-refractivity contribution in [3.8, 4) is 0 Å². The van der Waals surface area contributed by atoms with E-state index in [2.05, 4.69) is 37.4 Å². The first-order valence-electron chi connectivity index (χ1n) is 6.07. The minimum atomic E-state index is 0.0716. The average Bonchev–Trinajstić information content (AvgIpc) is 2.25. The highest BCUT2D eigenvalue weighted by Crippen LogP contribution is 2.10. The number of nitrogens with one attached hydrogen (secondary N) is 1. The Labute approximate surface area is 103 Å². The van der Waals surface area contributed by atoms with Gasteiger partial charge in [0.15, 0.2) is 0 Å². The number of nitrogens with two attached hydrogens (primary N) is 1. The standard InChI is InChI=1S/C14H22N2O/c1-10-4-6-13(11(2)8-10)9-16-14(17)7-5-12(3)15/h4,6,8,12H,5,7,9,15H2,1-3H3,(H,16,17). The monoisotopic (exact) mass is 234 g/mol. The quantitative estimate of drug-likeness (QED) is 0.819. The van der Waals surface area contributed by atoms with Gasteiger partial charge in [-0.3, -0.25) is 4.79 Å². The second-order valence-corrected chi connectivity index (χ2v) is 4.72. The van der Waals surface area contributed by atoms with Crippen molar-refractivity contribution >= 4 is 5.91 Å². The molecule has 0 bridgehead atoms. The number of carbonyl (C=O) groups excluding carboxylic acids is 1. The molecule has 0 fully saturated rings. The lowest BCUT2D eigenvalue weighted by molar-refractivity contribution is -0.121. The van der Waals surface area contributed by atoms with Gasteiger partial charge in [-0.15, -0.1) is 0 Å². The highest BCUT2D eigenvalue weighted by atomic mass is 16.1. The van der Waals surface area contributed by atoms with Crippen LogP contribution < -0.4 is 11.1 Å². The second kappa shape index (κ2) is 6.40. The summed E-state index contributed by atoms with van der Waals surface area (Å²) in [6.45, 7) is 6.65. The maximum Gasteiger partial charge on any atom is 0.220 e. The van der Waals surface area contributed by atoms with E-state index in [1.807, 2.05) is 6.92 Å². The van der Waals surface area contributed by atoms with Crippen molar-refractivity contribution in [2.75, 3.05) is 0 Å². The maximum atomic E-state index is 11.5. The largest absolute Gasteiger partial charge is 0.352 e. The van der Waals surface area contributed by atoms with Crippen molar-refractivity contribution in [1.29, 1.82) is 0 Å². The summed E-state index contributed by atoms with van der Waals surface area (Å²) in [5.41, 5.74) is 9.24. The molecule has 1 aromatic carbocycles. The predicted molar refractivity (Wildman–Crippen MR) is 70.6 cm³/mol. The van der Waals surface area contributed by atoms with Crippen molar-refractivity contribution in [1.82, 2.24) is 5.32 Å². The molecule has 3 N–H and O–H groups in total. The Morgan fingerprint density at radius 2 is 2.12 bits per heavy atom. The first-order valence-corrected chi connectivity index (χ1v) is 6.07. The molecule has 1 atom stereocenters. The van der Waals surface area contributed by atoms with E-state index in [1.54, 1.807) is 0 Å². The number of rotatable bonds is 5. The molecule has 0 aliphatic heterocycles. The molecule has 1 rings (SSSR count). The molecule has 0 radical (unpaired) electrons. The van der Waals surface area contributed by atoms with E-state index in [0.29, 0.717) is 13.0 Å². The molecule has 17 heavy (non-hydrogen) atoms. The van der Waals surface area contributed by atoms with Crippen LogP contribution in [0.4, 0.5) is 0 Å². The number of amides is 1. The fourth-order valence-electron chi connectivity index (χ4n) is 1.69. The van der Waals surface area contributed by atoms with Gasteiger partial charge in [0, 0.05) is 19.0 Å². The third-order valence-corrected chi connectivity index (χ3v) is 2.80. The van der Waals surface area contributed by atoms with Crippen LogP contribution in [0.15, 0.2) is 18.2 Å². The van der Waals surface area contributed by atoms with Gasteiger partial charge in [-0.05, 0) is 38.3 Å². The van der Waals surface area contributed by atoms with E-state index in [4.69, 9.17) is 5.73 Å². The SMILES string of the molecule is Cc1ccc(CNC(=O)CCC(C)N)c(C)c1. The highest BCUT2D eigenvalue weighted by molar-refractivity contribution is 5.75. The van der Waals surface area contributed by atoms with Gasteiger partial charge in [0.05, 0.1) is 0 Å². The Morgan fingerprint density at radius 3 is 2.71 bits per heavy atom. The van der Waals surface area contributed by atoms with Crippen molar-refractivity contribution < 1.29 is 4.79 Å². The van der Waals surface area contributed by atoms with E-state index >= 15 is 0 Å². The van der Waals surface area contributed by atoms with Crippen LogP contribution in [0.1, 0.15) is 36.5 Å². The summed E-state index contributed by atoms with van der Waals surface area (Å²) < 4.78 is 0. The Balaban J connectivity index is 2.42. The summed E-state index contributed by atoms with van der Waals surface area (Å²) in [5.74, 6) is 0.0716. The van der Waals surface area contributed by atoms with E-state index in [0.717, 1.165) is 6.42 Å². The highest BCUT2D eigenvalue weighted by Gasteiger charge is 2.04. The second-order valence-electron chi connectivity index (χ2n) is 4.72. The molecule has 0 aliphatic carbocycles. The zero-order valence-electron chi connectivity index (χ0n) is 10.9. The van der Waals surface area contributed by atoms with Crippen LogP contribution in [0.5, 0.6) is 0 Å². The van der Waals surface area contributed by atoms with Crippen LogP contribution in [0.25, 0.3) is 0 Å². The third kappa shape index (κ3) is 5.00. The number of hydrogen-bond donors (Lipinski definition) is 2. The van der Waals surface area contributed by atoms with E-state index in [-0.39, 0.29) is 11.9 Å². The summed E-state index contributed by atoms with van der Waals surface area (Å²) in [5, 5.41) is 2.92. The number of carbonyl (C=O) groups is 1. The molecular weight excluding hydrogens is 212 g/mol. The lowest BCUT2D eigenvalue weighted by Crippen LogP contribution is -2.25. The lowest BCUT2D eigenvalue weighted by atomic mass is 10.1. The predicted octanol–water partition coefficient (Wildman–Crippen LogP) is 2.05. The van der Waals surface area contributed by atoms with Gasteiger partial charge < -0.3 is 11.1 Å². The van der Waals surface area contributed by atoms with Crippen LogP contribution >= 0.6 is 0 Å². The van der Waals surface area contributed by atoms with Crippen LogP contribution in [0.3, 0.4) is 0 Å². The molecule has 1 aromatic rings. The van der Waals surface area contributed by atoms with Gasteiger partial charge in [0.1, 0.15) is 0 Å². The number of benzene rings is 1. The van der Waals surface area contributed by atoms with Crippen molar-refractivity contribution in [3.05, 3.63) is 34.9 Å². The van der Waals surface area contributed by atoms with Gasteiger partial charge in [0.2, 0.25) is 5.91 Å². The molecule has 0 aliphatic rings. The van der Waals surface area contributed by atoms with Gasteiger partial charge in [0.25, 0.3) is 0 Å². The summed E-state index contributed by atoms with van der Waals surface area (Å²) in [4.78, 5) is 11.5. The topological polar surface area (TPSA) is 55.1 Å². The zero-order valence-corrected chi connectivity index (χ0v) is 10.9. The Hall–Kier alpha value is -1.35. The first kappa shape index (κ1) is 13.7. The van der Waals surface area contributed by atoms with Crippen molar-refractivity contribution in [2.24, 2.45) is 5.73 Å². The van der Waals surface area contributed by atoms with Gasteiger partial charge >= 0.3 is 0 Å². The fraction of sp³-hybridized carbons (Fsp3) is 0.500.